The summed E-state index contributed by atoms with van der Waals surface area (Å²) >= 11 is 8.62. The van der Waals surface area contributed by atoms with Crippen LogP contribution in [0.25, 0.3) is 0 Å². The minimum atomic E-state index is 0.602. The molecule has 0 radical (unpaired) electrons. The Kier molecular flexibility index (Phi) is 8.32. The summed E-state index contributed by atoms with van der Waals surface area (Å²) in [6, 6.07) is 14.2. The van der Waals surface area contributed by atoms with Crippen LogP contribution in [0, 0.1) is 0 Å². The molecule has 0 aliphatic rings. The van der Waals surface area contributed by atoms with E-state index in [1.54, 1.807) is 11.8 Å². The molecule has 0 saturated carbocycles. The van der Waals surface area contributed by atoms with Crippen LogP contribution in [0.2, 0.25) is 0 Å². The summed E-state index contributed by atoms with van der Waals surface area (Å²) in [5.74, 6) is 2.46. The average Bonchev–Trinajstić information content (AvgIpc) is 3.09. The Morgan fingerprint density at radius 1 is 1.07 bits per heavy atom. The molecule has 1 aromatic heterocycles. The predicted molar refractivity (Wildman–Crippen MR) is 126 cm³/mol. The number of halogens is 2. The second-order valence-electron chi connectivity index (χ2n) is 6.24. The van der Waals surface area contributed by atoms with E-state index in [2.05, 4.69) is 61.1 Å². The monoisotopic (exact) mass is 536 g/mol. The molecule has 0 fully saturated rings. The molecule has 0 aliphatic carbocycles. The molecule has 0 unspecified atom stereocenters. The van der Waals surface area contributed by atoms with E-state index in [0.29, 0.717) is 6.61 Å². The van der Waals surface area contributed by atoms with Gasteiger partial charge in [-0.05, 0) is 49.2 Å². The molecule has 2 aromatic carbocycles. The first-order valence-corrected chi connectivity index (χ1v) is 12.0. The van der Waals surface area contributed by atoms with Gasteiger partial charge in [-0.3, -0.25) is 0 Å². The molecule has 8 heteroatoms. The molecule has 3 aromatic rings. The Hall–Kier alpha value is -1.64. The number of aromatic nitrogens is 3. The Bertz CT molecular complexity index is 973. The highest BCUT2D eigenvalue weighted by molar-refractivity contribution is 9.10. The van der Waals surface area contributed by atoms with E-state index in [1.165, 1.54) is 5.56 Å². The molecule has 5 nitrogen and oxygen atoms in total. The number of aryl methyl sites for hydroxylation is 1. The van der Waals surface area contributed by atoms with Crippen LogP contribution in [0.15, 0.2) is 61.7 Å². The van der Waals surface area contributed by atoms with E-state index in [1.807, 2.05) is 48.1 Å². The van der Waals surface area contributed by atoms with Crippen LogP contribution in [0.3, 0.4) is 0 Å². The van der Waals surface area contributed by atoms with Crippen LogP contribution in [0.4, 0.5) is 0 Å². The van der Waals surface area contributed by atoms with E-state index in [-0.39, 0.29) is 0 Å². The van der Waals surface area contributed by atoms with E-state index in [0.717, 1.165) is 49.8 Å². The maximum Gasteiger partial charge on any atom is 0.212 e. The number of ether oxygens (including phenoxy) is 1. The van der Waals surface area contributed by atoms with E-state index >= 15 is 0 Å². The van der Waals surface area contributed by atoms with Crippen molar-refractivity contribution in [1.82, 2.24) is 14.9 Å². The SMILES string of the molecule is CCCc1nnc(SCc2ccc(Br)cc2)n1/N=C/c1cc(Br)ccc1OCC. The van der Waals surface area contributed by atoms with Gasteiger partial charge in [-0.1, -0.05) is 62.7 Å². The average molecular weight is 538 g/mol. The topological polar surface area (TPSA) is 52.3 Å². The summed E-state index contributed by atoms with van der Waals surface area (Å²) in [5.41, 5.74) is 2.13. The third kappa shape index (κ3) is 6.17. The fourth-order valence-electron chi connectivity index (χ4n) is 2.64. The molecule has 0 saturated heterocycles. The molecule has 0 atom stereocenters. The summed E-state index contributed by atoms with van der Waals surface area (Å²) in [5, 5.41) is 14.2. The van der Waals surface area contributed by atoms with Gasteiger partial charge in [0, 0.05) is 26.7 Å². The standard InChI is InChI=1S/C21H22Br2N4OS/c1-3-5-20-25-26-21(29-14-15-6-8-17(22)9-7-15)27(20)24-13-16-12-18(23)10-11-19(16)28-4-2/h6-13H,3-5,14H2,1-2H3/b24-13+. The maximum absolute atomic E-state index is 5.72. The third-order valence-electron chi connectivity index (χ3n) is 4.02. The number of thioether (sulfide) groups is 1. The summed E-state index contributed by atoms with van der Waals surface area (Å²) < 4.78 is 9.61. The zero-order valence-electron chi connectivity index (χ0n) is 16.3. The van der Waals surface area contributed by atoms with Crippen LogP contribution in [0.1, 0.15) is 37.2 Å². The first-order valence-electron chi connectivity index (χ1n) is 9.39. The predicted octanol–water partition coefficient (Wildman–Crippen LogP) is 6.33. The lowest BCUT2D eigenvalue weighted by Gasteiger charge is -2.08. The summed E-state index contributed by atoms with van der Waals surface area (Å²) in [4.78, 5) is 0. The fraction of sp³-hybridized carbons (Fsp3) is 0.286. The van der Waals surface area contributed by atoms with Crippen molar-refractivity contribution >= 4 is 49.8 Å². The van der Waals surface area contributed by atoms with Gasteiger partial charge in [-0.25, -0.2) is 0 Å². The Balaban J connectivity index is 1.85. The van der Waals surface area contributed by atoms with Crippen LogP contribution >= 0.6 is 43.6 Å². The number of hydrogen-bond donors (Lipinski definition) is 0. The first kappa shape index (κ1) is 22.1. The lowest BCUT2D eigenvalue weighted by atomic mass is 10.2. The quantitative estimate of drug-likeness (QED) is 0.236. The van der Waals surface area contributed by atoms with Crippen molar-refractivity contribution in [2.45, 2.75) is 37.6 Å². The highest BCUT2D eigenvalue weighted by atomic mass is 79.9. The first-order chi connectivity index (χ1) is 14.1. The van der Waals surface area contributed by atoms with Gasteiger partial charge >= 0.3 is 0 Å². The molecular weight excluding hydrogens is 516 g/mol. The van der Waals surface area contributed by atoms with E-state index in [9.17, 15) is 0 Å². The second-order valence-corrected chi connectivity index (χ2v) is 9.01. The summed E-state index contributed by atoms with van der Waals surface area (Å²) in [6.07, 6.45) is 3.61. The van der Waals surface area contributed by atoms with Crippen LogP contribution in [-0.2, 0) is 12.2 Å². The van der Waals surface area contributed by atoms with Crippen molar-refractivity contribution in [1.29, 1.82) is 0 Å². The Morgan fingerprint density at radius 3 is 2.55 bits per heavy atom. The zero-order chi connectivity index (χ0) is 20.6. The van der Waals surface area contributed by atoms with Gasteiger partial charge < -0.3 is 4.74 Å². The number of hydrogen-bond acceptors (Lipinski definition) is 5. The van der Waals surface area contributed by atoms with Crippen LogP contribution < -0.4 is 4.74 Å². The molecule has 0 spiro atoms. The van der Waals surface area contributed by atoms with E-state index in [4.69, 9.17) is 9.84 Å². The molecule has 0 amide bonds. The smallest absolute Gasteiger partial charge is 0.212 e. The minimum Gasteiger partial charge on any atom is -0.493 e. The zero-order valence-corrected chi connectivity index (χ0v) is 20.3. The molecule has 152 valence electrons. The maximum atomic E-state index is 5.72. The number of benzene rings is 2. The van der Waals surface area contributed by atoms with Crippen LogP contribution in [0.5, 0.6) is 5.75 Å². The van der Waals surface area contributed by atoms with Crippen molar-refractivity contribution in [2.24, 2.45) is 5.10 Å². The van der Waals surface area contributed by atoms with Crippen molar-refractivity contribution < 1.29 is 4.74 Å². The van der Waals surface area contributed by atoms with Crippen molar-refractivity contribution in [3.63, 3.8) is 0 Å². The molecule has 0 N–H and O–H groups in total. The number of rotatable bonds is 9. The van der Waals surface area contributed by atoms with Gasteiger partial charge in [0.1, 0.15) is 5.75 Å². The largest absolute Gasteiger partial charge is 0.493 e. The van der Waals surface area contributed by atoms with Gasteiger partial charge in [-0.15, -0.1) is 10.2 Å². The highest BCUT2D eigenvalue weighted by Crippen LogP contribution is 2.25. The molecule has 29 heavy (non-hydrogen) atoms. The molecule has 1 heterocycles. The minimum absolute atomic E-state index is 0.602. The van der Waals surface area contributed by atoms with Gasteiger partial charge in [0.15, 0.2) is 5.82 Å². The Morgan fingerprint density at radius 2 is 1.83 bits per heavy atom. The lowest BCUT2D eigenvalue weighted by Crippen LogP contribution is -2.02. The van der Waals surface area contributed by atoms with Gasteiger partial charge in [-0.2, -0.15) is 9.78 Å². The van der Waals surface area contributed by atoms with Gasteiger partial charge in [0.2, 0.25) is 5.16 Å². The third-order valence-corrected chi connectivity index (χ3v) is 6.03. The molecule has 3 rings (SSSR count). The fourth-order valence-corrected chi connectivity index (χ4v) is 4.14. The number of nitrogens with zero attached hydrogens (tertiary/aromatic N) is 4. The summed E-state index contributed by atoms with van der Waals surface area (Å²) in [7, 11) is 0. The van der Waals surface area contributed by atoms with Crippen LogP contribution in [-0.4, -0.2) is 27.7 Å². The second kappa shape index (κ2) is 10.9. The van der Waals surface area contributed by atoms with Gasteiger partial charge in [0.25, 0.3) is 0 Å². The van der Waals surface area contributed by atoms with Crippen molar-refractivity contribution in [3.8, 4) is 5.75 Å². The van der Waals surface area contributed by atoms with Gasteiger partial charge in [0.05, 0.1) is 12.8 Å². The normalized spacial score (nSPS) is 11.3. The molecule has 0 aliphatic heterocycles. The molecular formula is C21H22Br2N4OS. The Labute approximate surface area is 192 Å². The van der Waals surface area contributed by atoms with Crippen molar-refractivity contribution in [2.75, 3.05) is 6.61 Å². The highest BCUT2D eigenvalue weighted by Gasteiger charge is 2.12. The van der Waals surface area contributed by atoms with E-state index < -0.39 is 0 Å². The summed E-state index contributed by atoms with van der Waals surface area (Å²) in [6.45, 7) is 4.70. The molecule has 0 bridgehead atoms. The lowest BCUT2D eigenvalue weighted by molar-refractivity contribution is 0.339. The van der Waals surface area contributed by atoms with Crippen molar-refractivity contribution in [3.05, 3.63) is 68.4 Å².